The molecule has 1 rings (SSSR count). The molecule has 1 aromatic rings. The molecule has 0 aliphatic heterocycles. The number of alkyl halides is 17. The zero-order valence-corrected chi connectivity index (χ0v) is 31.5. The Morgan fingerprint density at radius 2 is 1.19 bits per heavy atom. The van der Waals surface area contributed by atoms with Crippen molar-refractivity contribution in [3.8, 4) is 5.75 Å². The second kappa shape index (κ2) is 18.4. The average Bonchev–Trinajstić information content (AvgIpc) is 3.09. The van der Waals surface area contributed by atoms with Crippen LogP contribution < -0.4 is 4.74 Å². The molecule has 0 amide bonds. The van der Waals surface area contributed by atoms with Crippen LogP contribution in [-0.4, -0.2) is 100 Å². The van der Waals surface area contributed by atoms with E-state index in [-0.39, 0.29) is 17.9 Å². The first-order valence-corrected chi connectivity index (χ1v) is 18.6. The van der Waals surface area contributed by atoms with E-state index in [0.29, 0.717) is 0 Å². The summed E-state index contributed by atoms with van der Waals surface area (Å²) >= 11 is 0. The Labute approximate surface area is 316 Å². The molecule has 57 heavy (non-hydrogen) atoms. The van der Waals surface area contributed by atoms with Gasteiger partial charge in [-0.2, -0.15) is 74.6 Å². The zero-order valence-electron chi connectivity index (χ0n) is 30.5. The van der Waals surface area contributed by atoms with E-state index in [4.69, 9.17) is 18.6 Å². The molecule has 24 heteroatoms. The maximum absolute atomic E-state index is 14.9. The van der Waals surface area contributed by atoms with Gasteiger partial charge in [0, 0.05) is 19.6 Å². The van der Waals surface area contributed by atoms with Gasteiger partial charge in [-0.25, -0.2) is 4.79 Å². The lowest BCUT2D eigenvalue weighted by Crippen LogP contribution is -2.74. The first-order valence-electron chi connectivity index (χ1n) is 16.4. The first kappa shape index (κ1) is 51.9. The van der Waals surface area contributed by atoms with Crippen LogP contribution >= 0.6 is 0 Å². The number of methoxy groups -OCH3 is 1. The van der Waals surface area contributed by atoms with E-state index < -0.39 is 111 Å². The normalized spacial score (nSPS) is 15.7. The zero-order chi connectivity index (χ0) is 44.9. The minimum absolute atomic E-state index is 0.0658. The number of aliphatic hydroxyl groups is 1. The van der Waals surface area contributed by atoms with Crippen molar-refractivity contribution in [2.75, 3.05) is 26.9 Å². The maximum Gasteiger partial charge on any atom is 0.460 e. The van der Waals surface area contributed by atoms with Gasteiger partial charge in [-0.3, -0.25) is 0 Å². The molecule has 0 saturated carbocycles. The van der Waals surface area contributed by atoms with Crippen LogP contribution in [0.1, 0.15) is 45.8 Å². The number of esters is 1. The molecule has 330 valence electrons. The molecule has 0 saturated heterocycles. The maximum atomic E-state index is 14.9. The van der Waals surface area contributed by atoms with Crippen LogP contribution in [0.25, 0.3) is 0 Å². The lowest BCUT2D eigenvalue weighted by Gasteiger charge is -2.44. The third-order valence-corrected chi connectivity index (χ3v) is 14.5. The van der Waals surface area contributed by atoms with Gasteiger partial charge in [0.2, 0.25) is 0 Å². The summed E-state index contributed by atoms with van der Waals surface area (Å²) in [5.41, 5.74) is -1.48. The van der Waals surface area contributed by atoms with Gasteiger partial charge in [0.1, 0.15) is 31.2 Å². The summed E-state index contributed by atoms with van der Waals surface area (Å²) in [5.74, 6) is -57.4. The molecule has 0 bridgehead atoms. The Morgan fingerprint density at radius 3 is 1.61 bits per heavy atom. The fourth-order valence-electron chi connectivity index (χ4n) is 5.37. The quantitative estimate of drug-likeness (QED) is 0.0295. The third kappa shape index (κ3) is 10.2. The average molecular weight is 883 g/mol. The Bertz CT molecular complexity index is 1490. The highest BCUT2D eigenvalue weighted by Crippen LogP contribution is 2.64. The second-order valence-electron chi connectivity index (χ2n) is 13.1. The van der Waals surface area contributed by atoms with Crippen LogP contribution in [0.3, 0.4) is 0 Å². The predicted molar refractivity (Wildman–Crippen MR) is 170 cm³/mol. The smallest absolute Gasteiger partial charge is 0.460 e. The van der Waals surface area contributed by atoms with Gasteiger partial charge in [-0.1, -0.05) is 52.5 Å². The van der Waals surface area contributed by atoms with Gasteiger partial charge in [0.15, 0.2) is 8.32 Å². The highest BCUT2D eigenvalue weighted by atomic mass is 28.4. The van der Waals surface area contributed by atoms with Crippen molar-refractivity contribution in [2.45, 2.75) is 111 Å². The van der Waals surface area contributed by atoms with Crippen molar-refractivity contribution in [1.29, 1.82) is 0 Å². The molecule has 0 unspecified atom stereocenters. The van der Waals surface area contributed by atoms with E-state index in [9.17, 15) is 84.5 Å². The largest absolute Gasteiger partial charge is 0.491 e. The van der Waals surface area contributed by atoms with Gasteiger partial charge in [-0.05, 0) is 40.9 Å². The monoisotopic (exact) mass is 882 g/mol. The minimum Gasteiger partial charge on any atom is -0.491 e. The number of hydrogen-bond acceptors (Lipinski definition) is 6. The molecule has 0 spiro atoms. The third-order valence-electron chi connectivity index (χ3n) is 8.86. The topological polar surface area (TPSA) is 74.2 Å². The Balaban J connectivity index is 3.21. The van der Waals surface area contributed by atoms with E-state index in [1.54, 1.807) is 0 Å². The summed E-state index contributed by atoms with van der Waals surface area (Å²) in [5, 5.41) is 10.6. The molecular formula is C33H39F17O6Si. The SMILES string of the molecule is C=CCOC(=O)/C=C/[C@@H](OC)[C@H](O)c1ccc(OCCO[Si](CCC(F)(F)C(F)(F)C(F)(F)C(F)(F)C(F)(F)C(F)(F)C(F)(F)C(F)(F)F)(C(C)C)C(C)C)cc1. The molecule has 2 atom stereocenters. The summed E-state index contributed by atoms with van der Waals surface area (Å²) in [4.78, 5) is 11.7. The minimum atomic E-state index is -8.69. The number of carbonyl (C=O) groups is 1. The predicted octanol–water partition coefficient (Wildman–Crippen LogP) is 10.6. The van der Waals surface area contributed by atoms with Crippen LogP contribution in [0.5, 0.6) is 5.75 Å². The van der Waals surface area contributed by atoms with E-state index in [1.165, 1.54) is 71.2 Å². The summed E-state index contributed by atoms with van der Waals surface area (Å²) in [6, 6.07) is 4.10. The van der Waals surface area contributed by atoms with E-state index in [0.717, 1.165) is 6.08 Å². The van der Waals surface area contributed by atoms with Gasteiger partial charge >= 0.3 is 53.6 Å². The lowest BCUT2D eigenvalue weighted by molar-refractivity contribution is -0.461. The molecule has 0 radical (unpaired) electrons. The van der Waals surface area contributed by atoms with Gasteiger partial charge < -0.3 is 23.7 Å². The first-order chi connectivity index (χ1) is 25.6. The van der Waals surface area contributed by atoms with E-state index in [1.807, 2.05) is 0 Å². The van der Waals surface area contributed by atoms with Crippen LogP contribution in [0.2, 0.25) is 17.1 Å². The fraction of sp³-hybridized carbons (Fsp3) is 0.667. The number of hydrogen-bond donors (Lipinski definition) is 1. The van der Waals surface area contributed by atoms with Gasteiger partial charge in [0.05, 0.1) is 6.61 Å². The van der Waals surface area contributed by atoms with Gasteiger partial charge in [0.25, 0.3) is 0 Å². The summed E-state index contributed by atoms with van der Waals surface area (Å²) in [6.07, 6.45) is -9.16. The number of ether oxygens (including phenoxy) is 3. The van der Waals surface area contributed by atoms with Crippen molar-refractivity contribution in [3.05, 3.63) is 54.6 Å². The van der Waals surface area contributed by atoms with Crippen molar-refractivity contribution in [2.24, 2.45) is 0 Å². The van der Waals surface area contributed by atoms with Crippen molar-refractivity contribution in [3.63, 3.8) is 0 Å². The van der Waals surface area contributed by atoms with Crippen molar-refractivity contribution in [1.82, 2.24) is 0 Å². The number of aliphatic hydroxyl groups excluding tert-OH is 1. The molecule has 1 N–H and O–H groups in total. The number of benzene rings is 1. The fourth-order valence-corrected chi connectivity index (χ4v) is 9.84. The van der Waals surface area contributed by atoms with E-state index in [2.05, 4.69) is 6.58 Å². The molecule has 0 aliphatic carbocycles. The van der Waals surface area contributed by atoms with Crippen LogP contribution in [0.4, 0.5) is 74.6 Å². The Morgan fingerprint density at radius 1 is 0.737 bits per heavy atom. The van der Waals surface area contributed by atoms with E-state index >= 15 is 0 Å². The molecule has 6 nitrogen and oxygen atoms in total. The Kier molecular flexibility index (Phi) is 16.8. The lowest BCUT2D eigenvalue weighted by atomic mass is 9.88. The summed E-state index contributed by atoms with van der Waals surface area (Å²) in [7, 11) is -2.73. The number of halogens is 17. The molecule has 0 aliphatic rings. The summed E-state index contributed by atoms with van der Waals surface area (Å²) in [6.45, 7) is 7.64. The molecule has 0 heterocycles. The highest BCUT2D eigenvalue weighted by molar-refractivity contribution is 6.76. The second-order valence-corrected chi connectivity index (χ2v) is 18.1. The van der Waals surface area contributed by atoms with Crippen LogP contribution in [0, 0.1) is 0 Å². The number of carbonyl (C=O) groups excluding carboxylic acids is 1. The molecule has 0 aromatic heterocycles. The molecule has 1 aromatic carbocycles. The highest BCUT2D eigenvalue weighted by Gasteiger charge is 2.95. The standard InChI is InChI=1S/C33H39F17O6Si/c1-7-15-55-24(51)13-12-23(53-6)25(52)21-8-10-22(11-9-21)54-16-17-56-57(19(2)3,20(4)5)18-14-26(34,35)27(36,37)28(38,39)29(40,41)30(42,43)31(44,45)32(46,47)33(48,49)50/h7-13,19-20,23,25,52H,1,14-18H2,2-6H3/b13-12+/t23-,25-/m1/s1. The molecule has 0 fully saturated rings. The Hall–Kier alpha value is -3.12. The summed E-state index contributed by atoms with van der Waals surface area (Å²) < 4.78 is 255. The van der Waals surface area contributed by atoms with Crippen molar-refractivity contribution < 1.29 is 103 Å². The van der Waals surface area contributed by atoms with Crippen molar-refractivity contribution >= 4 is 14.3 Å². The molecular weight excluding hydrogens is 843 g/mol. The van der Waals surface area contributed by atoms with Gasteiger partial charge in [-0.15, -0.1) is 0 Å². The van der Waals surface area contributed by atoms with Crippen LogP contribution in [0.15, 0.2) is 49.1 Å². The van der Waals surface area contributed by atoms with Crippen LogP contribution in [-0.2, 0) is 18.7 Å². The number of rotatable bonds is 23.